The molecule has 13 rings (SSSR count). The van der Waals surface area contributed by atoms with E-state index in [-0.39, 0.29) is 19.0 Å². The molecule has 554 valence electrons. The second-order valence-corrected chi connectivity index (χ2v) is 34.5. The second kappa shape index (κ2) is 39.5. The molecule has 0 saturated carbocycles. The molecular weight excluding hydrogens is 1470 g/mol. The van der Waals surface area contributed by atoms with Crippen LogP contribution in [-0.2, 0) is 29.7 Å². The van der Waals surface area contributed by atoms with Crippen LogP contribution < -0.4 is 41.2 Å². The maximum Gasteiger partial charge on any atom is 0.339 e. The molecule has 0 radical (unpaired) electrons. The van der Waals surface area contributed by atoms with Crippen LogP contribution in [0.2, 0.25) is 5.15 Å². The van der Waals surface area contributed by atoms with Gasteiger partial charge in [0.15, 0.2) is 11.6 Å². The number of H-pyrrole nitrogens is 1. The number of anilines is 2. The fraction of sp³-hybridized carbons (Fsp3) is 0.263. The van der Waals surface area contributed by atoms with E-state index in [2.05, 4.69) is 124 Å². The highest BCUT2D eigenvalue weighted by Gasteiger charge is 2.30. The van der Waals surface area contributed by atoms with E-state index in [1.54, 1.807) is 24.3 Å². The molecule has 22 nitrogen and oxygen atoms in total. The van der Waals surface area contributed by atoms with Crippen molar-refractivity contribution in [3.8, 4) is 40.2 Å². The number of fused-ring (bicyclic) bond motifs is 3. The number of hydrogen-bond acceptors (Lipinski definition) is 17. The number of nitrogen functional groups attached to an aromatic ring is 1. The monoisotopic (exact) mass is 1560 g/mol. The lowest BCUT2D eigenvalue weighted by Crippen LogP contribution is -2.48. The van der Waals surface area contributed by atoms with E-state index >= 15 is 0 Å². The summed E-state index contributed by atoms with van der Waals surface area (Å²) in [7, 11) is -5.76. The molecule has 2 aliphatic heterocycles. The standard InChI is InChI=1S/C21H25N5O2S.C16H13ClN2.C16H14N2O.C10H13NO2.C7H5N.C5H13N3O2S.CH4.Cl3OP/c1-14-10-18-19(11-15(14)2)24-20(17-6-4-3-5-7-17)25-21(18)26-12-16(13-26)8-9-23-29(22,27)28;1-10-8-13-14(9-11(10)2)18-16(19-15(13)17)12-6-4-3-5-7-12;1-10-8-13-14(9-11(10)2)17-15(18-16(13)19)12-6-4-3-5-7-12;1-6-4-8(10(12)13-3)9(11)5-7(6)2;8-6-7-4-2-1-3-5-7;6-11(9,10)8-2-1-5-3-7-4-5;;1-5(2,3)4/h3-7,10-11,16,23H,8-9,12-13H2,1-2H3,(H2,22,27,28);3-9H,1-2H3;3-9H,1-2H3,(H,17,18,19);4-5H,11H2,1-3H3;1-5H;5,7-8H,1-4H2,(H2,6,9,10);1H4;. The maximum atomic E-state index is 12.1. The van der Waals surface area contributed by atoms with E-state index < -0.39 is 25.6 Å². The number of aromatic amines is 1. The molecule has 2 fully saturated rings. The van der Waals surface area contributed by atoms with Crippen LogP contribution in [0.3, 0.4) is 0 Å². The smallest absolute Gasteiger partial charge is 0.339 e. The number of aryl methyl sites for hydroxylation is 8. The molecular formula is C76H87Cl4N14O8PS2. The molecule has 29 heteroatoms. The zero-order valence-electron chi connectivity index (χ0n) is 58.9. The first-order valence-corrected chi connectivity index (χ1v) is 40.6. The Kier molecular flexibility index (Phi) is 32.1. The van der Waals surface area contributed by atoms with E-state index in [0.29, 0.717) is 63.9 Å². The molecule has 0 atom stereocenters. The van der Waals surface area contributed by atoms with E-state index in [1.807, 2.05) is 161 Å². The minimum absolute atomic E-state index is 0. The fourth-order valence-corrected chi connectivity index (χ4v) is 11.5. The van der Waals surface area contributed by atoms with Crippen molar-refractivity contribution in [2.75, 3.05) is 57.0 Å². The van der Waals surface area contributed by atoms with Crippen LogP contribution in [0.1, 0.15) is 80.7 Å². The maximum absolute atomic E-state index is 12.1. The zero-order valence-corrected chi connectivity index (χ0v) is 64.4. The van der Waals surface area contributed by atoms with Crippen LogP contribution in [0, 0.1) is 78.6 Å². The molecule has 11 aromatic rings. The van der Waals surface area contributed by atoms with Gasteiger partial charge in [-0.3, -0.25) is 9.36 Å². The lowest BCUT2D eigenvalue weighted by molar-refractivity contribution is 0.0601. The van der Waals surface area contributed by atoms with Crippen LogP contribution >= 0.6 is 50.5 Å². The van der Waals surface area contributed by atoms with Crippen LogP contribution in [0.15, 0.2) is 175 Å². The van der Waals surface area contributed by atoms with Gasteiger partial charge in [-0.05, 0) is 232 Å². The molecule has 0 unspecified atom stereocenters. The predicted molar refractivity (Wildman–Crippen MR) is 429 cm³/mol. The Hall–Kier alpha value is -8.77. The minimum Gasteiger partial charge on any atom is -0.465 e. The third kappa shape index (κ3) is 27.0. The van der Waals surface area contributed by atoms with Crippen molar-refractivity contribution in [3.05, 3.63) is 241 Å². The Labute approximate surface area is 633 Å². The summed E-state index contributed by atoms with van der Waals surface area (Å²) in [6.07, 6.45) is 1.61. The normalized spacial score (nSPS) is 12.5. The first kappa shape index (κ1) is 85.2. The number of nitrogens with one attached hydrogen (secondary N) is 4. The molecule has 105 heavy (non-hydrogen) atoms. The van der Waals surface area contributed by atoms with Gasteiger partial charge in [-0.1, -0.05) is 128 Å². The van der Waals surface area contributed by atoms with Gasteiger partial charge in [0.05, 0.1) is 46.2 Å². The fourth-order valence-electron chi connectivity index (χ4n) is 10.5. The number of carbonyl (C=O) groups excluding carboxylic acids is 1. The number of hydrogen-bond donors (Lipinski definition) is 7. The number of nitriles is 1. The summed E-state index contributed by atoms with van der Waals surface area (Å²) in [6, 6.07) is 56.5. The van der Waals surface area contributed by atoms with E-state index in [9.17, 15) is 31.0 Å². The van der Waals surface area contributed by atoms with Crippen LogP contribution in [0.4, 0.5) is 11.5 Å². The Morgan fingerprint density at radius 2 is 0.971 bits per heavy atom. The third-order valence-corrected chi connectivity index (χ3v) is 18.3. The van der Waals surface area contributed by atoms with Crippen molar-refractivity contribution in [1.82, 2.24) is 44.7 Å². The molecule has 5 heterocycles. The SMILES string of the molecule is C.COC(=O)c1cc(C)c(C)cc1N.Cc1cc2nc(-c3ccccc3)[nH]c(=O)c2cc1C.Cc1cc2nc(-c3ccccc3)nc(Cl)c2cc1C.Cc1cc2nc(-c3ccccc3)nc(N3CC(CCNS(N)(=O)=O)C3)c2cc1C.N#Cc1ccccc1.NS(=O)(=O)NCCC1CNC1.O=P(Cl)(Cl)Cl. The summed E-state index contributed by atoms with van der Waals surface area (Å²) >= 11 is 20.1. The first-order chi connectivity index (χ1) is 49.2. The highest BCUT2D eigenvalue weighted by Crippen LogP contribution is 2.61. The molecule has 3 aromatic heterocycles. The molecule has 0 aliphatic carbocycles. The van der Waals surface area contributed by atoms with E-state index in [0.717, 1.165) is 117 Å². The number of carbonyl (C=O) groups is 1. The van der Waals surface area contributed by atoms with Crippen molar-refractivity contribution in [2.24, 2.45) is 22.1 Å². The van der Waals surface area contributed by atoms with Crippen molar-refractivity contribution in [1.29, 1.82) is 5.26 Å². The summed E-state index contributed by atoms with van der Waals surface area (Å²) in [5.41, 5.74) is 21.8. The summed E-state index contributed by atoms with van der Waals surface area (Å²) in [5, 5.41) is 21.0. The quantitative estimate of drug-likeness (QED) is 0.0244. The predicted octanol–water partition coefficient (Wildman–Crippen LogP) is 15.4. The van der Waals surface area contributed by atoms with Crippen LogP contribution in [0.25, 0.3) is 66.9 Å². The Balaban J connectivity index is 0.000000203. The van der Waals surface area contributed by atoms with Gasteiger partial charge in [-0.25, -0.2) is 49.4 Å². The Morgan fingerprint density at radius 3 is 1.41 bits per heavy atom. The Morgan fingerprint density at radius 1 is 0.581 bits per heavy atom. The van der Waals surface area contributed by atoms with Gasteiger partial charge in [-0.15, -0.1) is 0 Å². The number of benzene rings is 8. The summed E-state index contributed by atoms with van der Waals surface area (Å²) in [4.78, 5) is 51.7. The molecule has 2 aliphatic rings. The van der Waals surface area contributed by atoms with Crippen LogP contribution in [-0.4, -0.2) is 99.1 Å². The number of esters is 1. The first-order valence-electron chi connectivity index (χ1n) is 32.7. The highest BCUT2D eigenvalue weighted by atomic mass is 36.0. The van der Waals surface area contributed by atoms with Gasteiger partial charge in [-0.2, -0.15) is 22.1 Å². The average molecular weight is 1560 g/mol. The summed E-state index contributed by atoms with van der Waals surface area (Å²) in [5.74, 6) is 3.57. The van der Waals surface area contributed by atoms with Crippen molar-refractivity contribution >= 4 is 121 Å². The van der Waals surface area contributed by atoms with Gasteiger partial charge in [0.2, 0.25) is 0 Å². The van der Waals surface area contributed by atoms with Gasteiger partial charge in [0.25, 0.3) is 26.0 Å². The number of aromatic nitrogens is 6. The minimum atomic E-state index is -3.63. The molecule has 2 saturated heterocycles. The number of rotatable bonds is 13. The third-order valence-electron chi connectivity index (χ3n) is 16.8. The molecule has 10 N–H and O–H groups in total. The lowest BCUT2D eigenvalue weighted by Gasteiger charge is -2.41. The second-order valence-electron chi connectivity index (χ2n) is 24.7. The van der Waals surface area contributed by atoms with Crippen molar-refractivity contribution < 1.29 is 30.9 Å². The van der Waals surface area contributed by atoms with Gasteiger partial charge >= 0.3 is 11.2 Å². The topological polar surface area (TPSA) is 350 Å². The van der Waals surface area contributed by atoms with Gasteiger partial charge in [0, 0.05) is 59.3 Å². The Bertz CT molecular complexity index is 5170. The molecule has 0 bridgehead atoms. The van der Waals surface area contributed by atoms with E-state index in [4.69, 9.17) is 42.8 Å². The number of nitrogens with zero attached hydrogens (tertiary/aromatic N) is 7. The number of halogens is 4. The van der Waals surface area contributed by atoms with E-state index in [1.165, 1.54) is 29.4 Å². The van der Waals surface area contributed by atoms with Crippen molar-refractivity contribution in [3.63, 3.8) is 0 Å². The number of methoxy groups -OCH3 is 1. The molecule has 8 aromatic carbocycles. The zero-order chi connectivity index (χ0) is 76.1. The lowest BCUT2D eigenvalue weighted by atomic mass is 9.95. The van der Waals surface area contributed by atoms with Crippen molar-refractivity contribution in [2.45, 2.75) is 75.7 Å². The molecule has 0 amide bonds. The highest BCUT2D eigenvalue weighted by molar-refractivity contribution is 8.24. The van der Waals surface area contributed by atoms with Gasteiger partial charge < -0.3 is 25.7 Å². The average Bonchev–Trinajstić information content (AvgIpc) is 0.781. The molecule has 0 spiro atoms. The number of ether oxygens (including phenoxy) is 1. The largest absolute Gasteiger partial charge is 0.465 e. The number of nitrogens with two attached hydrogens (primary N) is 3. The summed E-state index contributed by atoms with van der Waals surface area (Å²) in [6.45, 7) is 20.7. The van der Waals surface area contributed by atoms with Gasteiger partial charge in [0.1, 0.15) is 16.8 Å². The summed E-state index contributed by atoms with van der Waals surface area (Å²) < 4.78 is 61.5. The van der Waals surface area contributed by atoms with Crippen LogP contribution in [0.5, 0.6) is 0 Å².